The standard InChI is InChI=1S/C16H32N4O4S.ClH/c1-5-6-16(4,17)15(21)18-7-9-19(10-8-18)25(22,23)20-11-13(2)24-14(3)12-20;/h13-14H,5-12,17H2,1-4H3;1H. The first-order chi connectivity index (χ1) is 11.6. The first-order valence-corrected chi connectivity index (χ1v) is 10.5. The minimum Gasteiger partial charge on any atom is -0.373 e. The van der Waals surface area contributed by atoms with Crippen molar-refractivity contribution in [2.24, 2.45) is 5.73 Å². The average Bonchev–Trinajstić information content (AvgIpc) is 2.53. The summed E-state index contributed by atoms with van der Waals surface area (Å²) in [7, 11) is -3.53. The van der Waals surface area contributed by atoms with E-state index in [-0.39, 0.29) is 30.5 Å². The van der Waals surface area contributed by atoms with E-state index in [0.717, 1.165) is 6.42 Å². The van der Waals surface area contributed by atoms with Crippen LogP contribution in [0.15, 0.2) is 0 Å². The van der Waals surface area contributed by atoms with Crippen molar-refractivity contribution in [2.75, 3.05) is 39.3 Å². The number of rotatable bonds is 5. The molecule has 26 heavy (non-hydrogen) atoms. The lowest BCUT2D eigenvalue weighted by Crippen LogP contribution is -2.61. The predicted octanol–water partition coefficient (Wildman–Crippen LogP) is 0.424. The molecule has 2 aliphatic heterocycles. The lowest BCUT2D eigenvalue weighted by atomic mass is 9.95. The highest BCUT2D eigenvalue weighted by Crippen LogP contribution is 2.20. The van der Waals surface area contributed by atoms with E-state index in [1.807, 2.05) is 20.8 Å². The summed E-state index contributed by atoms with van der Waals surface area (Å²) in [5.41, 5.74) is 5.24. The summed E-state index contributed by atoms with van der Waals surface area (Å²) in [4.78, 5) is 14.2. The minimum atomic E-state index is -3.53. The number of carbonyl (C=O) groups is 1. The molecule has 1 amide bonds. The van der Waals surface area contributed by atoms with Crippen LogP contribution in [0.5, 0.6) is 0 Å². The van der Waals surface area contributed by atoms with Crippen molar-refractivity contribution in [1.29, 1.82) is 0 Å². The van der Waals surface area contributed by atoms with Gasteiger partial charge in [-0.25, -0.2) is 0 Å². The first-order valence-electron chi connectivity index (χ1n) is 9.07. The molecule has 2 rings (SSSR count). The van der Waals surface area contributed by atoms with Crippen LogP contribution in [0.1, 0.15) is 40.5 Å². The molecule has 2 aliphatic rings. The summed E-state index contributed by atoms with van der Waals surface area (Å²) in [6.07, 6.45) is 1.22. The number of piperazine rings is 1. The third-order valence-electron chi connectivity index (χ3n) is 4.82. The second-order valence-electron chi connectivity index (χ2n) is 7.44. The molecule has 2 heterocycles. The molecule has 2 N–H and O–H groups in total. The highest BCUT2D eigenvalue weighted by molar-refractivity contribution is 7.86. The first kappa shape index (κ1) is 23.6. The van der Waals surface area contributed by atoms with Crippen LogP contribution in [-0.2, 0) is 19.7 Å². The molecule has 2 fully saturated rings. The van der Waals surface area contributed by atoms with Crippen molar-refractivity contribution in [3.63, 3.8) is 0 Å². The maximum absolute atomic E-state index is 12.9. The number of halogens is 1. The van der Waals surface area contributed by atoms with E-state index in [9.17, 15) is 13.2 Å². The van der Waals surface area contributed by atoms with E-state index >= 15 is 0 Å². The normalized spacial score (nSPS) is 28.3. The molecule has 3 unspecified atom stereocenters. The Labute approximate surface area is 163 Å². The third kappa shape index (κ3) is 5.30. The largest absolute Gasteiger partial charge is 0.373 e. The van der Waals surface area contributed by atoms with E-state index < -0.39 is 15.7 Å². The molecule has 3 atom stereocenters. The van der Waals surface area contributed by atoms with Gasteiger partial charge in [-0.05, 0) is 27.2 Å². The molecule has 0 saturated carbocycles. The van der Waals surface area contributed by atoms with Gasteiger partial charge in [0.25, 0.3) is 10.2 Å². The number of amides is 1. The summed E-state index contributed by atoms with van der Waals surface area (Å²) < 4.78 is 34.3. The second-order valence-corrected chi connectivity index (χ2v) is 9.37. The fourth-order valence-electron chi connectivity index (χ4n) is 3.59. The monoisotopic (exact) mass is 412 g/mol. The third-order valence-corrected chi connectivity index (χ3v) is 6.79. The Balaban J connectivity index is 0.00000338. The van der Waals surface area contributed by atoms with Gasteiger partial charge in [0.15, 0.2) is 0 Å². The van der Waals surface area contributed by atoms with Crippen LogP contribution >= 0.6 is 12.4 Å². The fraction of sp³-hybridized carbons (Fsp3) is 0.938. The molecule has 8 nitrogen and oxygen atoms in total. The van der Waals surface area contributed by atoms with E-state index in [1.54, 1.807) is 11.8 Å². The van der Waals surface area contributed by atoms with Gasteiger partial charge in [0, 0.05) is 39.3 Å². The van der Waals surface area contributed by atoms with Crippen LogP contribution in [0.2, 0.25) is 0 Å². The minimum absolute atomic E-state index is 0. The van der Waals surface area contributed by atoms with E-state index in [2.05, 4.69) is 0 Å². The zero-order valence-electron chi connectivity index (χ0n) is 16.2. The number of nitrogens with zero attached hydrogens (tertiary/aromatic N) is 3. The van der Waals surface area contributed by atoms with Gasteiger partial charge < -0.3 is 15.4 Å². The number of hydrogen-bond acceptors (Lipinski definition) is 5. The molecule has 0 aliphatic carbocycles. The number of ether oxygens (including phenoxy) is 1. The quantitative estimate of drug-likeness (QED) is 0.706. The average molecular weight is 413 g/mol. The van der Waals surface area contributed by atoms with Crippen LogP contribution in [0, 0.1) is 0 Å². The lowest BCUT2D eigenvalue weighted by molar-refractivity contribution is -0.137. The van der Waals surface area contributed by atoms with Crippen LogP contribution in [0.3, 0.4) is 0 Å². The Bertz CT molecular complexity index is 569. The van der Waals surface area contributed by atoms with Crippen molar-refractivity contribution in [1.82, 2.24) is 13.5 Å². The molecule has 0 aromatic heterocycles. The second kappa shape index (κ2) is 9.16. The molecule has 0 aromatic rings. The smallest absolute Gasteiger partial charge is 0.282 e. The molecular weight excluding hydrogens is 380 g/mol. The van der Waals surface area contributed by atoms with E-state index in [0.29, 0.717) is 45.7 Å². The van der Waals surface area contributed by atoms with Gasteiger partial charge >= 0.3 is 0 Å². The maximum atomic E-state index is 12.9. The molecule has 0 radical (unpaired) electrons. The fourth-order valence-corrected chi connectivity index (χ4v) is 5.34. The van der Waals surface area contributed by atoms with Crippen LogP contribution in [-0.4, -0.2) is 84.9 Å². The van der Waals surface area contributed by atoms with Gasteiger partial charge in [0.05, 0.1) is 17.7 Å². The lowest BCUT2D eigenvalue weighted by Gasteiger charge is -2.41. The molecule has 0 spiro atoms. The summed E-state index contributed by atoms with van der Waals surface area (Å²) in [5.74, 6) is -0.0972. The van der Waals surface area contributed by atoms with E-state index in [4.69, 9.17) is 10.5 Å². The zero-order chi connectivity index (χ0) is 18.8. The summed E-state index contributed by atoms with van der Waals surface area (Å²) >= 11 is 0. The highest BCUT2D eigenvalue weighted by Gasteiger charge is 2.39. The Morgan fingerprint density at radius 1 is 1.12 bits per heavy atom. The predicted molar refractivity (Wildman–Crippen MR) is 103 cm³/mol. The molecule has 10 heteroatoms. The summed E-state index contributed by atoms with van der Waals surface area (Å²) in [6.45, 7) is 9.59. The molecule has 0 aromatic carbocycles. The Morgan fingerprint density at radius 2 is 1.62 bits per heavy atom. The number of morpholine rings is 1. The van der Waals surface area contributed by atoms with Gasteiger partial charge in [0.2, 0.25) is 5.91 Å². The van der Waals surface area contributed by atoms with Crippen molar-refractivity contribution in [2.45, 2.75) is 58.3 Å². The van der Waals surface area contributed by atoms with Crippen molar-refractivity contribution in [3.8, 4) is 0 Å². The van der Waals surface area contributed by atoms with Crippen molar-refractivity contribution in [3.05, 3.63) is 0 Å². The summed E-state index contributed by atoms with van der Waals surface area (Å²) in [6, 6.07) is 0. The number of nitrogens with two attached hydrogens (primary N) is 1. The van der Waals surface area contributed by atoms with Crippen LogP contribution < -0.4 is 5.73 Å². The van der Waals surface area contributed by atoms with Gasteiger partial charge in [-0.15, -0.1) is 12.4 Å². The van der Waals surface area contributed by atoms with Gasteiger partial charge in [-0.2, -0.15) is 17.0 Å². The molecule has 154 valence electrons. The Hall–Kier alpha value is -0.450. The number of hydrogen-bond donors (Lipinski definition) is 1. The van der Waals surface area contributed by atoms with Crippen molar-refractivity contribution < 1.29 is 17.9 Å². The van der Waals surface area contributed by atoms with Crippen LogP contribution in [0.25, 0.3) is 0 Å². The molecule has 2 saturated heterocycles. The molecular formula is C16H33ClN4O4S. The Morgan fingerprint density at radius 3 is 2.08 bits per heavy atom. The zero-order valence-corrected chi connectivity index (χ0v) is 17.8. The van der Waals surface area contributed by atoms with E-state index in [1.165, 1.54) is 8.61 Å². The topological polar surface area (TPSA) is 96.2 Å². The summed E-state index contributed by atoms with van der Waals surface area (Å²) in [5, 5.41) is 0. The van der Waals surface area contributed by atoms with Crippen LogP contribution in [0.4, 0.5) is 0 Å². The highest BCUT2D eigenvalue weighted by atomic mass is 35.5. The number of carbonyl (C=O) groups excluding carboxylic acids is 1. The molecule has 0 bridgehead atoms. The van der Waals surface area contributed by atoms with Gasteiger partial charge in [-0.1, -0.05) is 13.3 Å². The SMILES string of the molecule is CCCC(C)(N)C(=O)N1CCN(S(=O)(=O)N2CC(C)OC(C)C2)CC1.Cl. The van der Waals surface area contributed by atoms with Crippen molar-refractivity contribution >= 4 is 28.5 Å². The Kier molecular flexibility index (Phi) is 8.31. The van der Waals surface area contributed by atoms with Gasteiger partial charge in [-0.3, -0.25) is 4.79 Å². The van der Waals surface area contributed by atoms with Gasteiger partial charge in [0.1, 0.15) is 0 Å². The maximum Gasteiger partial charge on any atom is 0.282 e.